The highest BCUT2D eigenvalue weighted by molar-refractivity contribution is 5.45. The molecule has 3 rings (SSSR count). The summed E-state index contributed by atoms with van der Waals surface area (Å²) in [7, 11) is 0. The first-order valence-corrected chi connectivity index (χ1v) is 8.09. The van der Waals surface area contributed by atoms with Crippen molar-refractivity contribution in [1.29, 1.82) is 0 Å². The van der Waals surface area contributed by atoms with Crippen LogP contribution in [0.5, 0.6) is 0 Å². The number of nitrogens with one attached hydrogen (secondary N) is 2. The lowest BCUT2D eigenvalue weighted by molar-refractivity contribution is 0.155. The second-order valence-corrected chi connectivity index (χ2v) is 5.84. The normalized spacial score (nSPS) is 12.1. The molecule has 0 saturated heterocycles. The summed E-state index contributed by atoms with van der Waals surface area (Å²) in [4.78, 5) is 0. The highest BCUT2D eigenvalue weighted by Crippen LogP contribution is 2.22. The van der Waals surface area contributed by atoms with Gasteiger partial charge in [-0.25, -0.2) is 0 Å². The van der Waals surface area contributed by atoms with Crippen molar-refractivity contribution in [3.63, 3.8) is 0 Å². The van der Waals surface area contributed by atoms with Gasteiger partial charge in [0, 0.05) is 5.69 Å². The van der Waals surface area contributed by atoms with Crippen molar-refractivity contribution in [3.8, 4) is 0 Å². The molecule has 3 N–H and O–H groups in total. The molecule has 0 aliphatic heterocycles. The van der Waals surface area contributed by atoms with Crippen LogP contribution in [0.4, 0.5) is 5.69 Å². The molecule has 3 aromatic carbocycles. The number of benzene rings is 3. The van der Waals surface area contributed by atoms with Crippen molar-refractivity contribution in [2.45, 2.75) is 19.3 Å². The van der Waals surface area contributed by atoms with Crippen LogP contribution in [0.3, 0.4) is 0 Å². The number of aliphatic hydroxyl groups excluding tert-OH is 1. The first-order valence-electron chi connectivity index (χ1n) is 8.09. The maximum Gasteiger partial charge on any atom is 0.182 e. The lowest BCUT2D eigenvalue weighted by atomic mass is 9.99. The van der Waals surface area contributed by atoms with Gasteiger partial charge in [-0.1, -0.05) is 72.8 Å². The molecule has 0 amide bonds. The third-order valence-corrected chi connectivity index (χ3v) is 3.91. The summed E-state index contributed by atoms with van der Waals surface area (Å²) in [6.45, 7) is 2.03. The molecule has 0 aromatic heterocycles. The van der Waals surface area contributed by atoms with E-state index in [-0.39, 0.29) is 6.04 Å². The highest BCUT2D eigenvalue weighted by atomic mass is 16.3. The van der Waals surface area contributed by atoms with E-state index in [1.54, 1.807) is 0 Å². The zero-order valence-corrected chi connectivity index (χ0v) is 13.7. The van der Waals surface area contributed by atoms with E-state index in [9.17, 15) is 5.11 Å². The zero-order valence-electron chi connectivity index (χ0n) is 13.7. The topological polar surface area (TPSA) is 44.3 Å². The van der Waals surface area contributed by atoms with Crippen LogP contribution in [0.25, 0.3) is 0 Å². The largest absolute Gasteiger partial charge is 0.361 e. The van der Waals surface area contributed by atoms with Gasteiger partial charge >= 0.3 is 0 Å². The van der Waals surface area contributed by atoms with E-state index in [0.717, 1.165) is 22.4 Å². The molecule has 3 aromatic rings. The lowest BCUT2D eigenvalue weighted by Crippen LogP contribution is -2.39. The molecule has 1 atom stereocenters. The van der Waals surface area contributed by atoms with Crippen molar-refractivity contribution >= 4 is 5.69 Å². The molecule has 0 fully saturated rings. The Balaban J connectivity index is 1.79. The fourth-order valence-corrected chi connectivity index (χ4v) is 2.77. The van der Waals surface area contributed by atoms with Crippen molar-refractivity contribution in [3.05, 3.63) is 102 Å². The maximum absolute atomic E-state index is 10.5. The molecule has 3 heteroatoms. The molecule has 0 spiro atoms. The second kappa shape index (κ2) is 7.77. The van der Waals surface area contributed by atoms with Crippen LogP contribution in [0.2, 0.25) is 0 Å². The molecule has 3 nitrogen and oxygen atoms in total. The Kier molecular flexibility index (Phi) is 5.26. The Hall–Kier alpha value is -2.62. The van der Waals surface area contributed by atoms with Crippen LogP contribution in [-0.2, 0) is 0 Å². The van der Waals surface area contributed by atoms with Gasteiger partial charge < -0.3 is 10.4 Å². The van der Waals surface area contributed by atoms with E-state index in [2.05, 4.69) is 34.9 Å². The first-order chi connectivity index (χ1) is 11.7. The van der Waals surface area contributed by atoms with E-state index in [1.165, 1.54) is 0 Å². The summed E-state index contributed by atoms with van der Waals surface area (Å²) >= 11 is 0. The number of rotatable bonds is 6. The van der Waals surface area contributed by atoms with E-state index in [1.807, 2.05) is 67.6 Å². The summed E-state index contributed by atoms with van der Waals surface area (Å²) in [6.07, 6.45) is -0.864. The first kappa shape index (κ1) is 16.2. The van der Waals surface area contributed by atoms with Crippen LogP contribution in [0.15, 0.2) is 84.9 Å². The van der Waals surface area contributed by atoms with Crippen molar-refractivity contribution in [1.82, 2.24) is 5.32 Å². The van der Waals surface area contributed by atoms with Crippen molar-refractivity contribution in [2.75, 3.05) is 5.32 Å². The molecular weight excluding hydrogens is 296 g/mol. The van der Waals surface area contributed by atoms with E-state index < -0.39 is 6.35 Å². The van der Waals surface area contributed by atoms with Crippen LogP contribution >= 0.6 is 0 Å². The van der Waals surface area contributed by atoms with Crippen LogP contribution in [-0.4, -0.2) is 11.5 Å². The van der Waals surface area contributed by atoms with Gasteiger partial charge in [-0.3, -0.25) is 5.32 Å². The van der Waals surface area contributed by atoms with Gasteiger partial charge in [-0.15, -0.1) is 0 Å². The third-order valence-electron chi connectivity index (χ3n) is 3.91. The minimum Gasteiger partial charge on any atom is -0.361 e. The van der Waals surface area contributed by atoms with Crippen LogP contribution in [0, 0.1) is 6.92 Å². The van der Waals surface area contributed by atoms with Gasteiger partial charge in [0.05, 0.1) is 6.04 Å². The summed E-state index contributed by atoms with van der Waals surface area (Å²) < 4.78 is 0. The molecular formula is C21H22N2O. The van der Waals surface area contributed by atoms with Gasteiger partial charge in [0.15, 0.2) is 6.35 Å². The second-order valence-electron chi connectivity index (χ2n) is 5.84. The summed E-state index contributed by atoms with van der Waals surface area (Å²) in [6, 6.07) is 28.1. The SMILES string of the molecule is Cc1cccc(NC(O)NC(c2ccccc2)c2ccccc2)c1. The summed E-state index contributed by atoms with van der Waals surface area (Å²) in [5, 5.41) is 16.8. The van der Waals surface area contributed by atoms with Crippen molar-refractivity contribution in [2.24, 2.45) is 0 Å². The molecule has 0 heterocycles. The maximum atomic E-state index is 10.5. The highest BCUT2D eigenvalue weighted by Gasteiger charge is 2.17. The number of hydrogen-bond donors (Lipinski definition) is 3. The van der Waals surface area contributed by atoms with Gasteiger partial charge in [-0.05, 0) is 35.7 Å². The lowest BCUT2D eigenvalue weighted by Gasteiger charge is -2.24. The summed E-state index contributed by atoms with van der Waals surface area (Å²) in [5.41, 5.74) is 4.24. The zero-order chi connectivity index (χ0) is 16.8. The van der Waals surface area contributed by atoms with Crippen LogP contribution in [0.1, 0.15) is 22.7 Å². The van der Waals surface area contributed by atoms with E-state index in [4.69, 9.17) is 0 Å². The minimum atomic E-state index is -0.864. The van der Waals surface area contributed by atoms with Gasteiger partial charge in [0.1, 0.15) is 0 Å². The molecule has 0 bridgehead atoms. The molecule has 122 valence electrons. The Bertz CT molecular complexity index is 720. The van der Waals surface area contributed by atoms with Crippen LogP contribution < -0.4 is 10.6 Å². The quantitative estimate of drug-likeness (QED) is 0.601. The summed E-state index contributed by atoms with van der Waals surface area (Å²) in [5.74, 6) is 0. The number of aryl methyl sites for hydroxylation is 1. The Morgan fingerprint density at radius 2 is 1.33 bits per heavy atom. The Labute approximate surface area is 143 Å². The van der Waals surface area contributed by atoms with Crippen molar-refractivity contribution < 1.29 is 5.11 Å². The average Bonchev–Trinajstić information content (AvgIpc) is 2.61. The van der Waals surface area contributed by atoms with Gasteiger partial charge in [-0.2, -0.15) is 0 Å². The smallest absolute Gasteiger partial charge is 0.182 e. The molecule has 1 unspecified atom stereocenters. The number of hydrogen-bond acceptors (Lipinski definition) is 3. The molecule has 0 aliphatic carbocycles. The molecule has 0 radical (unpaired) electrons. The van der Waals surface area contributed by atoms with E-state index >= 15 is 0 Å². The Morgan fingerprint density at radius 1 is 0.750 bits per heavy atom. The Morgan fingerprint density at radius 3 is 1.88 bits per heavy atom. The third kappa shape index (κ3) is 4.22. The van der Waals surface area contributed by atoms with Gasteiger partial charge in [0.25, 0.3) is 0 Å². The minimum absolute atomic E-state index is 0.0975. The molecule has 0 saturated carbocycles. The average molecular weight is 318 g/mol. The standard InChI is InChI=1S/C21H22N2O/c1-16-9-8-14-19(15-16)22-21(24)23-20(17-10-4-2-5-11-17)18-12-6-3-7-13-18/h2-15,20-24H,1H3. The molecule has 0 aliphatic rings. The predicted octanol–water partition coefficient (Wildman–Crippen LogP) is 4.06. The predicted molar refractivity (Wildman–Crippen MR) is 98.7 cm³/mol. The fourth-order valence-electron chi connectivity index (χ4n) is 2.77. The molecule has 24 heavy (non-hydrogen) atoms. The fraction of sp³-hybridized carbons (Fsp3) is 0.143. The number of anilines is 1. The van der Waals surface area contributed by atoms with E-state index in [0.29, 0.717) is 0 Å². The monoisotopic (exact) mass is 318 g/mol. The van der Waals surface area contributed by atoms with Gasteiger partial charge in [0.2, 0.25) is 0 Å². The number of aliphatic hydroxyl groups is 1.